The van der Waals surface area contributed by atoms with Gasteiger partial charge < -0.3 is 15.8 Å². The van der Waals surface area contributed by atoms with E-state index in [2.05, 4.69) is 5.32 Å². The number of nitro groups is 2. The number of hydrogen-bond donors (Lipinski definition) is 2. The van der Waals surface area contributed by atoms with Crippen LogP contribution in [0.25, 0.3) is 0 Å². The van der Waals surface area contributed by atoms with Gasteiger partial charge in [-0.25, -0.2) is 0 Å². The molecule has 2 aromatic carbocycles. The zero-order valence-electron chi connectivity index (χ0n) is 15.0. The highest BCUT2D eigenvalue weighted by Gasteiger charge is 2.19. The number of ether oxygens (including phenoxy) is 1. The minimum absolute atomic E-state index is 0.0120. The van der Waals surface area contributed by atoms with Crippen molar-refractivity contribution in [3.8, 4) is 0 Å². The molecule has 3 N–H and O–H groups in total. The predicted molar refractivity (Wildman–Crippen MR) is 102 cm³/mol. The van der Waals surface area contributed by atoms with E-state index in [9.17, 15) is 34.6 Å². The number of nitrogens with two attached hydrogens (primary N) is 1. The first-order valence-electron chi connectivity index (χ1n) is 8.05. The molecule has 0 bridgehead atoms. The lowest BCUT2D eigenvalue weighted by molar-refractivity contribution is -0.385. The maximum Gasteiger partial charge on any atom is 0.325 e. The van der Waals surface area contributed by atoms with E-state index in [1.165, 1.54) is 24.3 Å². The average molecular weight is 437 g/mol. The number of esters is 1. The van der Waals surface area contributed by atoms with Crippen LogP contribution in [0.15, 0.2) is 36.4 Å². The normalized spacial score (nSPS) is 10.2. The summed E-state index contributed by atoms with van der Waals surface area (Å²) in [5, 5.41) is 24.0. The van der Waals surface area contributed by atoms with Crippen LogP contribution in [0.5, 0.6) is 0 Å². The van der Waals surface area contributed by atoms with Gasteiger partial charge in [0.1, 0.15) is 18.2 Å². The number of amides is 2. The van der Waals surface area contributed by atoms with E-state index >= 15 is 0 Å². The Morgan fingerprint density at radius 3 is 2.20 bits per heavy atom. The van der Waals surface area contributed by atoms with Crippen LogP contribution in [0, 0.1) is 20.2 Å². The molecule has 0 aliphatic rings. The topological polar surface area (TPSA) is 185 Å². The molecule has 2 amide bonds. The van der Waals surface area contributed by atoms with Crippen molar-refractivity contribution in [2.24, 2.45) is 5.73 Å². The van der Waals surface area contributed by atoms with E-state index in [0.717, 1.165) is 12.1 Å². The number of nitrogens with one attached hydrogen (secondary N) is 1. The number of halogens is 1. The van der Waals surface area contributed by atoms with Crippen molar-refractivity contribution >= 4 is 40.8 Å². The van der Waals surface area contributed by atoms with Crippen molar-refractivity contribution in [3.05, 3.63) is 78.3 Å². The molecule has 0 spiro atoms. The molecule has 2 rings (SSSR count). The molecule has 0 radical (unpaired) electrons. The number of carbonyl (C=O) groups excluding carboxylic acids is 3. The number of hydrogen-bond acceptors (Lipinski definition) is 8. The van der Waals surface area contributed by atoms with Gasteiger partial charge in [0.15, 0.2) is 0 Å². The largest absolute Gasteiger partial charge is 0.459 e. The van der Waals surface area contributed by atoms with E-state index in [-0.39, 0.29) is 21.7 Å². The lowest BCUT2D eigenvalue weighted by Gasteiger charge is -2.08. The van der Waals surface area contributed by atoms with Crippen molar-refractivity contribution in [3.63, 3.8) is 0 Å². The minimum Gasteiger partial charge on any atom is -0.459 e. The van der Waals surface area contributed by atoms with Gasteiger partial charge in [0.2, 0.25) is 5.91 Å². The number of rotatable bonds is 8. The Balaban J connectivity index is 1.98. The number of carbonyl (C=O) groups is 3. The first-order valence-corrected chi connectivity index (χ1v) is 8.43. The fourth-order valence-electron chi connectivity index (χ4n) is 2.27. The zero-order chi connectivity index (χ0) is 22.4. The van der Waals surface area contributed by atoms with Crippen LogP contribution >= 0.6 is 11.6 Å². The molecule has 0 aliphatic heterocycles. The molecule has 0 aromatic heterocycles. The molecule has 0 heterocycles. The van der Waals surface area contributed by atoms with Gasteiger partial charge in [0.05, 0.1) is 15.4 Å². The molecule has 30 heavy (non-hydrogen) atoms. The van der Waals surface area contributed by atoms with Gasteiger partial charge in [-0.3, -0.25) is 34.6 Å². The van der Waals surface area contributed by atoms with E-state index in [4.69, 9.17) is 22.1 Å². The van der Waals surface area contributed by atoms with Crippen molar-refractivity contribution in [2.45, 2.75) is 6.61 Å². The fraction of sp³-hybridized carbons (Fsp3) is 0.118. The summed E-state index contributed by atoms with van der Waals surface area (Å²) in [5.41, 5.74) is 3.97. The van der Waals surface area contributed by atoms with E-state index in [1.807, 2.05) is 0 Å². The molecule has 2 aromatic rings. The average Bonchev–Trinajstić information content (AvgIpc) is 2.70. The Hall–Kier alpha value is -4.06. The second-order valence-electron chi connectivity index (χ2n) is 5.73. The van der Waals surface area contributed by atoms with Gasteiger partial charge in [0.25, 0.3) is 17.3 Å². The summed E-state index contributed by atoms with van der Waals surface area (Å²) in [5.74, 6) is -2.56. The summed E-state index contributed by atoms with van der Waals surface area (Å²) in [6.07, 6.45) is 0. The summed E-state index contributed by atoms with van der Waals surface area (Å²) in [6, 6.07) is 6.78. The fourth-order valence-corrected chi connectivity index (χ4v) is 2.45. The first-order chi connectivity index (χ1) is 14.1. The second kappa shape index (κ2) is 9.43. The highest BCUT2D eigenvalue weighted by atomic mass is 35.5. The SMILES string of the molecule is NC(=O)c1ccc(COC(=O)CNC(=O)c2ccc(Cl)c([N+](=O)[O-])c2)c([N+](=O)[O-])c1. The highest BCUT2D eigenvalue weighted by Crippen LogP contribution is 2.25. The number of nitro benzene ring substituents is 2. The lowest BCUT2D eigenvalue weighted by atomic mass is 10.1. The Morgan fingerprint density at radius 2 is 1.60 bits per heavy atom. The molecule has 0 aliphatic carbocycles. The standard InChI is InChI=1S/C17H13ClN4O8/c18-12-4-3-10(6-14(12)22(28)29)17(25)20-7-15(23)30-8-11-2-1-9(16(19)24)5-13(11)21(26)27/h1-6H,7-8H2,(H2,19,24)(H,20,25). The van der Waals surface area contributed by atoms with Gasteiger partial charge in [-0.1, -0.05) is 11.6 Å². The lowest BCUT2D eigenvalue weighted by Crippen LogP contribution is -2.30. The molecular formula is C17H13ClN4O8. The predicted octanol–water partition coefficient (Wildman–Crippen LogP) is 1.73. The van der Waals surface area contributed by atoms with Crippen LogP contribution in [-0.4, -0.2) is 34.2 Å². The van der Waals surface area contributed by atoms with Gasteiger partial charge in [-0.15, -0.1) is 0 Å². The van der Waals surface area contributed by atoms with Gasteiger partial charge >= 0.3 is 5.97 Å². The smallest absolute Gasteiger partial charge is 0.325 e. The third-order valence-corrected chi connectivity index (χ3v) is 4.07. The summed E-state index contributed by atoms with van der Waals surface area (Å²) >= 11 is 5.66. The molecular weight excluding hydrogens is 424 g/mol. The van der Waals surface area contributed by atoms with Crippen molar-refractivity contribution in [1.29, 1.82) is 0 Å². The minimum atomic E-state index is -0.917. The van der Waals surface area contributed by atoms with Crippen molar-refractivity contribution in [2.75, 3.05) is 6.54 Å². The number of primary amides is 1. The van der Waals surface area contributed by atoms with Crippen LogP contribution in [0.4, 0.5) is 11.4 Å². The Labute approximate surface area is 172 Å². The molecule has 0 unspecified atom stereocenters. The van der Waals surface area contributed by atoms with E-state index in [0.29, 0.717) is 0 Å². The summed E-state index contributed by atoms with van der Waals surface area (Å²) < 4.78 is 4.88. The maximum atomic E-state index is 12.0. The molecule has 0 saturated heterocycles. The monoisotopic (exact) mass is 436 g/mol. The third-order valence-electron chi connectivity index (χ3n) is 3.75. The summed E-state index contributed by atoms with van der Waals surface area (Å²) in [4.78, 5) is 55.4. The second-order valence-corrected chi connectivity index (χ2v) is 6.14. The molecule has 0 saturated carbocycles. The maximum absolute atomic E-state index is 12.0. The van der Waals surface area contributed by atoms with Gasteiger partial charge in [0, 0.05) is 23.3 Å². The third kappa shape index (κ3) is 5.48. The zero-order valence-corrected chi connectivity index (χ0v) is 15.7. The molecule has 13 heteroatoms. The number of nitrogens with zero attached hydrogens (tertiary/aromatic N) is 2. The Bertz CT molecular complexity index is 1060. The van der Waals surface area contributed by atoms with E-state index in [1.54, 1.807) is 0 Å². The molecule has 12 nitrogen and oxygen atoms in total. The molecule has 156 valence electrons. The van der Waals surface area contributed by atoms with Crippen LogP contribution in [-0.2, 0) is 16.1 Å². The highest BCUT2D eigenvalue weighted by molar-refractivity contribution is 6.32. The summed E-state index contributed by atoms with van der Waals surface area (Å²) in [6.45, 7) is -1.08. The van der Waals surface area contributed by atoms with Gasteiger partial charge in [-0.05, 0) is 24.3 Å². The van der Waals surface area contributed by atoms with Crippen LogP contribution < -0.4 is 11.1 Å². The summed E-state index contributed by atoms with van der Waals surface area (Å²) in [7, 11) is 0. The Kier molecular flexibility index (Phi) is 6.99. The molecule has 0 fully saturated rings. The van der Waals surface area contributed by atoms with Crippen LogP contribution in [0.1, 0.15) is 26.3 Å². The molecule has 0 atom stereocenters. The Morgan fingerprint density at radius 1 is 1.00 bits per heavy atom. The van der Waals surface area contributed by atoms with Crippen molar-refractivity contribution in [1.82, 2.24) is 5.32 Å². The van der Waals surface area contributed by atoms with Gasteiger partial charge in [-0.2, -0.15) is 0 Å². The van der Waals surface area contributed by atoms with Crippen LogP contribution in [0.3, 0.4) is 0 Å². The van der Waals surface area contributed by atoms with E-state index < -0.39 is 52.2 Å². The quantitative estimate of drug-likeness (QED) is 0.355. The van der Waals surface area contributed by atoms with Crippen molar-refractivity contribution < 1.29 is 29.0 Å². The first kappa shape index (κ1) is 22.2. The van der Waals surface area contributed by atoms with Crippen LogP contribution in [0.2, 0.25) is 5.02 Å². The number of benzene rings is 2.